The molecule has 1 aliphatic heterocycles. The number of aryl methyl sites for hydroxylation is 2. The van der Waals surface area contributed by atoms with Crippen molar-refractivity contribution < 1.29 is 47.4 Å². The van der Waals surface area contributed by atoms with Gasteiger partial charge in [-0.25, -0.2) is 0 Å². The van der Waals surface area contributed by atoms with Gasteiger partial charge in [-0.2, -0.15) is 35.4 Å². The second kappa shape index (κ2) is 10.7. The number of carbonyl (C=O) groups is 2. The van der Waals surface area contributed by atoms with Gasteiger partial charge < -0.3 is 10.4 Å². The maximum atomic E-state index is 13.1. The number of hydrogen-bond acceptors (Lipinski definition) is 4. The van der Waals surface area contributed by atoms with Crippen LogP contribution in [0.1, 0.15) is 54.8 Å². The van der Waals surface area contributed by atoms with E-state index in [4.69, 9.17) is 5.10 Å². The van der Waals surface area contributed by atoms with Crippen LogP contribution in [0.4, 0.5) is 5.69 Å². The molecule has 1 saturated carbocycles. The molecule has 1 fully saturated rings. The van der Waals surface area contributed by atoms with Crippen molar-refractivity contribution in [2.45, 2.75) is 58.0 Å². The number of carboxylic acid groups (broad SMARTS) is 1. The van der Waals surface area contributed by atoms with E-state index in [1.165, 1.54) is 5.56 Å². The average molecular weight is 507 g/mol. The van der Waals surface area contributed by atoms with E-state index in [2.05, 4.69) is 43.4 Å². The standard InChI is InChI=1S/C25H28N3O3.Y/c1-16-11-12-22(17(2)13-16)28-23(18-7-4-3-5-8-18)15-21(27-28)24(29)26-20-10-6-9-19(14-20)25(30)31;/h4-5,7-8,11-13,19-20,23H,6,9-10,14-15H2,1-2H3,(H,26,29)(H,30,31);/q-1;. The van der Waals surface area contributed by atoms with Gasteiger partial charge in [-0.3, -0.25) is 14.6 Å². The third-order valence-corrected chi connectivity index (χ3v) is 6.26. The number of hydrazone groups is 1. The number of nitrogens with zero attached hydrogens (tertiary/aromatic N) is 2. The summed E-state index contributed by atoms with van der Waals surface area (Å²) in [6, 6.07) is 16.9. The minimum atomic E-state index is -0.779. The van der Waals surface area contributed by atoms with Crippen molar-refractivity contribution >= 4 is 23.3 Å². The van der Waals surface area contributed by atoms with Gasteiger partial charge in [-0.15, -0.1) is 5.56 Å². The fourth-order valence-electron chi connectivity index (χ4n) is 4.63. The molecule has 6 nitrogen and oxygen atoms in total. The molecule has 1 radical (unpaired) electrons. The Morgan fingerprint density at radius 1 is 1.16 bits per heavy atom. The van der Waals surface area contributed by atoms with E-state index < -0.39 is 5.97 Å². The molecule has 1 amide bonds. The molecule has 2 aromatic rings. The molecule has 32 heavy (non-hydrogen) atoms. The van der Waals surface area contributed by atoms with Crippen LogP contribution < -0.4 is 10.3 Å². The molecule has 2 aliphatic rings. The molecule has 2 aromatic carbocycles. The average Bonchev–Trinajstić information content (AvgIpc) is 3.20. The Bertz CT molecular complexity index is 1010. The zero-order chi connectivity index (χ0) is 22.0. The first-order chi connectivity index (χ1) is 14.9. The van der Waals surface area contributed by atoms with Crippen molar-refractivity contribution in [3.8, 4) is 0 Å². The van der Waals surface area contributed by atoms with Crippen LogP contribution in [-0.2, 0) is 42.3 Å². The smallest absolute Gasteiger partial charge is 0.306 e. The first-order valence-electron chi connectivity index (χ1n) is 10.9. The Morgan fingerprint density at radius 3 is 2.59 bits per heavy atom. The van der Waals surface area contributed by atoms with Crippen LogP contribution in [0.2, 0.25) is 0 Å². The Morgan fingerprint density at radius 2 is 1.91 bits per heavy atom. The molecule has 0 aromatic heterocycles. The van der Waals surface area contributed by atoms with Gasteiger partial charge >= 0.3 is 5.97 Å². The minimum Gasteiger partial charge on any atom is -0.481 e. The van der Waals surface area contributed by atoms with Crippen molar-refractivity contribution in [1.29, 1.82) is 0 Å². The molecule has 0 saturated heterocycles. The van der Waals surface area contributed by atoms with Crippen LogP contribution in [0.3, 0.4) is 0 Å². The number of rotatable bonds is 5. The maximum absolute atomic E-state index is 13.1. The molecule has 1 aliphatic carbocycles. The first kappa shape index (κ1) is 24.6. The van der Waals surface area contributed by atoms with E-state index in [9.17, 15) is 14.7 Å². The molecular weight excluding hydrogens is 479 g/mol. The Kier molecular flexibility index (Phi) is 8.23. The molecule has 0 bridgehead atoms. The van der Waals surface area contributed by atoms with Crippen molar-refractivity contribution in [2.75, 3.05) is 5.01 Å². The largest absolute Gasteiger partial charge is 0.481 e. The summed E-state index contributed by atoms with van der Waals surface area (Å²) in [4.78, 5) is 24.4. The van der Waals surface area contributed by atoms with Gasteiger partial charge in [0.25, 0.3) is 5.91 Å². The van der Waals surface area contributed by atoms with Crippen molar-refractivity contribution in [2.24, 2.45) is 11.0 Å². The SMILES string of the molecule is Cc1ccc(N2N=C(C(=O)NC3CCCC(C(=O)O)C3)CC2c2cc[c-]cc2)c(C)c1.[Y]. The van der Waals surface area contributed by atoms with Crippen molar-refractivity contribution in [3.63, 3.8) is 0 Å². The number of amides is 1. The normalized spacial score (nSPS) is 22.6. The second-order valence-corrected chi connectivity index (χ2v) is 8.61. The van der Waals surface area contributed by atoms with Gasteiger partial charge in [-0.1, -0.05) is 24.1 Å². The molecular formula is C25H28N3O3Y-. The number of hydrogen-bond donors (Lipinski definition) is 2. The molecule has 165 valence electrons. The van der Waals surface area contributed by atoms with E-state index >= 15 is 0 Å². The Balaban J connectivity index is 0.00000289. The molecule has 3 unspecified atom stereocenters. The summed E-state index contributed by atoms with van der Waals surface area (Å²) in [7, 11) is 0. The number of nitrogens with one attached hydrogen (secondary N) is 1. The first-order valence-corrected chi connectivity index (χ1v) is 10.9. The van der Waals surface area contributed by atoms with Gasteiger partial charge in [0.15, 0.2) is 0 Å². The summed E-state index contributed by atoms with van der Waals surface area (Å²) in [5, 5.41) is 19.1. The predicted octanol–water partition coefficient (Wildman–Crippen LogP) is 4.17. The Hall–Kier alpha value is -2.05. The molecule has 0 spiro atoms. The van der Waals surface area contributed by atoms with Crippen LogP contribution in [-0.4, -0.2) is 28.7 Å². The molecule has 7 heteroatoms. The third-order valence-electron chi connectivity index (χ3n) is 6.26. The number of aliphatic carboxylic acids is 1. The van der Waals surface area contributed by atoms with Gasteiger partial charge in [-0.05, 0) is 44.7 Å². The molecule has 4 rings (SSSR count). The summed E-state index contributed by atoms with van der Waals surface area (Å²) in [5.41, 5.74) is 4.83. The fraction of sp³-hybridized carbons (Fsp3) is 0.400. The summed E-state index contributed by atoms with van der Waals surface area (Å²) in [5.74, 6) is -1.36. The number of benzene rings is 2. The minimum absolute atomic E-state index is 0. The van der Waals surface area contributed by atoms with E-state index in [0.29, 0.717) is 25.0 Å². The van der Waals surface area contributed by atoms with Crippen LogP contribution in [0.5, 0.6) is 0 Å². The molecule has 1 heterocycles. The Labute approximate surface area is 214 Å². The van der Waals surface area contributed by atoms with E-state index in [0.717, 1.165) is 29.7 Å². The fourth-order valence-corrected chi connectivity index (χ4v) is 4.63. The zero-order valence-electron chi connectivity index (χ0n) is 18.5. The predicted molar refractivity (Wildman–Crippen MR) is 120 cm³/mol. The molecule has 2 N–H and O–H groups in total. The third kappa shape index (κ3) is 5.47. The van der Waals surface area contributed by atoms with Crippen LogP contribution in [0.15, 0.2) is 47.6 Å². The number of carbonyl (C=O) groups excluding carboxylic acids is 1. The van der Waals surface area contributed by atoms with Crippen LogP contribution in [0.25, 0.3) is 0 Å². The topological polar surface area (TPSA) is 82.0 Å². The summed E-state index contributed by atoms with van der Waals surface area (Å²) >= 11 is 0. The summed E-state index contributed by atoms with van der Waals surface area (Å²) in [6.45, 7) is 4.11. The second-order valence-electron chi connectivity index (χ2n) is 8.61. The number of carboxylic acids is 1. The van der Waals surface area contributed by atoms with Crippen molar-refractivity contribution in [3.05, 3.63) is 65.2 Å². The summed E-state index contributed by atoms with van der Waals surface area (Å²) in [6.07, 6.45) is 3.27. The molecule has 3 atom stereocenters. The van der Waals surface area contributed by atoms with Gasteiger partial charge in [0, 0.05) is 45.2 Å². The van der Waals surface area contributed by atoms with Gasteiger partial charge in [0.2, 0.25) is 0 Å². The zero-order valence-corrected chi connectivity index (χ0v) is 21.4. The van der Waals surface area contributed by atoms with Crippen LogP contribution in [0, 0.1) is 25.8 Å². The van der Waals surface area contributed by atoms with Crippen LogP contribution >= 0.6 is 0 Å². The van der Waals surface area contributed by atoms with Gasteiger partial charge in [0.05, 0.1) is 17.6 Å². The monoisotopic (exact) mass is 507 g/mol. The van der Waals surface area contributed by atoms with E-state index in [1.807, 2.05) is 29.3 Å². The summed E-state index contributed by atoms with van der Waals surface area (Å²) < 4.78 is 0. The van der Waals surface area contributed by atoms with E-state index in [-0.39, 0.29) is 56.6 Å². The number of anilines is 1. The van der Waals surface area contributed by atoms with Gasteiger partial charge in [0.1, 0.15) is 5.71 Å². The quantitative estimate of drug-likeness (QED) is 0.596. The van der Waals surface area contributed by atoms with E-state index in [1.54, 1.807) is 0 Å². The van der Waals surface area contributed by atoms with Crippen molar-refractivity contribution in [1.82, 2.24) is 5.32 Å². The maximum Gasteiger partial charge on any atom is 0.306 e.